The molecule has 2 N–H and O–H groups in total. The molecule has 1 fully saturated rings. The highest BCUT2D eigenvalue weighted by molar-refractivity contribution is 5.93. The molecular formula is C18H21N3O4. The van der Waals surface area contributed by atoms with Gasteiger partial charge in [0.05, 0.1) is 23.9 Å². The Kier molecular flexibility index (Phi) is 5.11. The van der Waals surface area contributed by atoms with E-state index < -0.39 is 5.91 Å². The van der Waals surface area contributed by atoms with Gasteiger partial charge >= 0.3 is 5.97 Å². The molecule has 1 amide bonds. The molecule has 0 radical (unpaired) electrons. The number of nitrogens with zero attached hydrogens (tertiary/aromatic N) is 1. The summed E-state index contributed by atoms with van der Waals surface area (Å²) in [6.45, 7) is 0. The van der Waals surface area contributed by atoms with E-state index in [1.165, 1.54) is 7.11 Å². The second-order valence-corrected chi connectivity index (χ2v) is 6.28. The maximum atomic E-state index is 12.6. The van der Waals surface area contributed by atoms with Gasteiger partial charge in [-0.05, 0) is 25.0 Å². The number of esters is 1. The summed E-state index contributed by atoms with van der Waals surface area (Å²) in [6.07, 6.45) is 4.25. The SMILES string of the molecule is COC(=O)[C@H]1CCCCC[C@H]1NC(=O)c1nc2ccccc2c(=O)[nH]1. The second-order valence-electron chi connectivity index (χ2n) is 6.28. The summed E-state index contributed by atoms with van der Waals surface area (Å²) >= 11 is 0. The van der Waals surface area contributed by atoms with E-state index in [9.17, 15) is 14.4 Å². The van der Waals surface area contributed by atoms with Crippen LogP contribution in [0.15, 0.2) is 29.1 Å². The Labute approximate surface area is 144 Å². The van der Waals surface area contributed by atoms with Crippen LogP contribution < -0.4 is 10.9 Å². The largest absolute Gasteiger partial charge is 0.469 e. The van der Waals surface area contributed by atoms with Crippen molar-refractivity contribution >= 4 is 22.8 Å². The average Bonchev–Trinajstić information content (AvgIpc) is 2.86. The third-order valence-corrected chi connectivity index (χ3v) is 4.66. The Morgan fingerprint density at radius 2 is 1.96 bits per heavy atom. The fourth-order valence-electron chi connectivity index (χ4n) is 3.34. The van der Waals surface area contributed by atoms with Crippen LogP contribution in [0, 0.1) is 5.92 Å². The lowest BCUT2D eigenvalue weighted by Crippen LogP contribution is -2.44. The van der Waals surface area contributed by atoms with E-state index >= 15 is 0 Å². The minimum Gasteiger partial charge on any atom is -0.469 e. The van der Waals surface area contributed by atoms with Gasteiger partial charge in [-0.2, -0.15) is 0 Å². The molecule has 0 aliphatic heterocycles. The van der Waals surface area contributed by atoms with Crippen molar-refractivity contribution in [2.24, 2.45) is 5.92 Å². The third kappa shape index (κ3) is 3.70. The minimum atomic E-state index is -0.483. The number of ether oxygens (including phenoxy) is 1. The first-order valence-corrected chi connectivity index (χ1v) is 8.48. The van der Waals surface area contributed by atoms with Crippen molar-refractivity contribution in [1.82, 2.24) is 15.3 Å². The van der Waals surface area contributed by atoms with E-state index in [-0.39, 0.29) is 29.3 Å². The molecule has 25 heavy (non-hydrogen) atoms. The Hall–Kier alpha value is -2.70. The lowest BCUT2D eigenvalue weighted by Gasteiger charge is -2.23. The van der Waals surface area contributed by atoms with Crippen LogP contribution in [0.4, 0.5) is 0 Å². The number of para-hydroxylation sites is 1. The number of hydrogen-bond donors (Lipinski definition) is 2. The maximum Gasteiger partial charge on any atom is 0.310 e. The van der Waals surface area contributed by atoms with Crippen LogP contribution in [0.25, 0.3) is 10.9 Å². The number of rotatable bonds is 3. The molecule has 2 aromatic rings. The molecular weight excluding hydrogens is 322 g/mol. The predicted octanol–water partition coefficient (Wildman–Crippen LogP) is 1.77. The standard InChI is InChI=1S/C18H21N3O4/c1-25-18(24)12-8-3-2-4-9-14(12)20-17(23)15-19-13-10-6-5-7-11(13)16(22)21-15/h5-7,10,12,14H,2-4,8-9H2,1H3,(H,20,23)(H,19,21,22)/t12-,14+/m0/s1. The van der Waals surface area contributed by atoms with Crippen LogP contribution in [0.2, 0.25) is 0 Å². The van der Waals surface area contributed by atoms with E-state index in [4.69, 9.17) is 4.74 Å². The van der Waals surface area contributed by atoms with Gasteiger partial charge in [0.2, 0.25) is 0 Å². The number of aromatic amines is 1. The monoisotopic (exact) mass is 343 g/mol. The number of carbonyl (C=O) groups is 2. The van der Waals surface area contributed by atoms with Gasteiger partial charge in [-0.15, -0.1) is 0 Å². The van der Waals surface area contributed by atoms with E-state index in [2.05, 4.69) is 15.3 Å². The van der Waals surface area contributed by atoms with Crippen molar-refractivity contribution in [3.05, 3.63) is 40.4 Å². The average molecular weight is 343 g/mol. The number of nitrogens with one attached hydrogen (secondary N) is 2. The number of carbonyl (C=O) groups excluding carboxylic acids is 2. The normalized spacial score (nSPS) is 20.7. The lowest BCUT2D eigenvalue weighted by molar-refractivity contribution is -0.146. The summed E-state index contributed by atoms with van der Waals surface area (Å²) in [7, 11) is 1.36. The van der Waals surface area contributed by atoms with Crippen molar-refractivity contribution in [3.8, 4) is 0 Å². The molecule has 1 aliphatic carbocycles. The zero-order valence-electron chi connectivity index (χ0n) is 14.1. The molecule has 1 saturated carbocycles. The molecule has 3 rings (SSSR count). The molecule has 1 aromatic carbocycles. The van der Waals surface area contributed by atoms with E-state index in [0.717, 1.165) is 19.3 Å². The topological polar surface area (TPSA) is 101 Å². The first-order chi connectivity index (χ1) is 12.1. The number of methoxy groups -OCH3 is 1. The molecule has 1 aromatic heterocycles. The van der Waals surface area contributed by atoms with Gasteiger partial charge < -0.3 is 15.0 Å². The maximum absolute atomic E-state index is 12.6. The molecule has 1 heterocycles. The van der Waals surface area contributed by atoms with E-state index in [1.807, 2.05) is 0 Å². The van der Waals surface area contributed by atoms with E-state index in [0.29, 0.717) is 23.7 Å². The molecule has 132 valence electrons. The summed E-state index contributed by atoms with van der Waals surface area (Å²) in [5.41, 5.74) is 0.0999. The Bertz CT molecular complexity index is 846. The van der Waals surface area contributed by atoms with Crippen molar-refractivity contribution in [2.75, 3.05) is 7.11 Å². The molecule has 0 unspecified atom stereocenters. The fraction of sp³-hybridized carbons (Fsp3) is 0.444. The lowest BCUT2D eigenvalue weighted by atomic mass is 9.94. The van der Waals surface area contributed by atoms with Crippen LogP contribution in [0.3, 0.4) is 0 Å². The minimum absolute atomic E-state index is 0.0448. The molecule has 2 atom stereocenters. The number of benzene rings is 1. The number of aromatic nitrogens is 2. The molecule has 7 heteroatoms. The number of fused-ring (bicyclic) bond motifs is 1. The number of amides is 1. The molecule has 0 bridgehead atoms. The number of H-pyrrole nitrogens is 1. The molecule has 1 aliphatic rings. The number of hydrogen-bond acceptors (Lipinski definition) is 5. The summed E-state index contributed by atoms with van der Waals surface area (Å²) in [5.74, 6) is -1.21. The first-order valence-electron chi connectivity index (χ1n) is 8.48. The Balaban J connectivity index is 1.85. The summed E-state index contributed by atoms with van der Waals surface area (Å²) in [4.78, 5) is 43.5. The second kappa shape index (κ2) is 7.46. The van der Waals surface area contributed by atoms with E-state index in [1.54, 1.807) is 24.3 Å². The van der Waals surface area contributed by atoms with Gasteiger partial charge in [-0.3, -0.25) is 14.4 Å². The Morgan fingerprint density at radius 1 is 1.20 bits per heavy atom. The summed E-state index contributed by atoms with van der Waals surface area (Å²) in [5, 5.41) is 3.29. The van der Waals surface area contributed by atoms with Crippen molar-refractivity contribution < 1.29 is 14.3 Å². The van der Waals surface area contributed by atoms with Crippen LogP contribution in [-0.4, -0.2) is 35.0 Å². The zero-order valence-corrected chi connectivity index (χ0v) is 14.1. The van der Waals surface area contributed by atoms with Gasteiger partial charge in [0.15, 0.2) is 5.82 Å². The summed E-state index contributed by atoms with van der Waals surface area (Å²) < 4.78 is 4.88. The van der Waals surface area contributed by atoms with Gasteiger partial charge in [-0.1, -0.05) is 31.4 Å². The van der Waals surface area contributed by atoms with Gasteiger partial charge in [0, 0.05) is 6.04 Å². The van der Waals surface area contributed by atoms with Crippen molar-refractivity contribution in [2.45, 2.75) is 38.1 Å². The Morgan fingerprint density at radius 3 is 2.76 bits per heavy atom. The molecule has 0 saturated heterocycles. The smallest absolute Gasteiger partial charge is 0.310 e. The van der Waals surface area contributed by atoms with Crippen molar-refractivity contribution in [3.63, 3.8) is 0 Å². The third-order valence-electron chi connectivity index (χ3n) is 4.66. The quantitative estimate of drug-likeness (QED) is 0.653. The van der Waals surface area contributed by atoms with Gasteiger partial charge in [0.1, 0.15) is 0 Å². The molecule has 0 spiro atoms. The highest BCUT2D eigenvalue weighted by Gasteiger charge is 2.32. The van der Waals surface area contributed by atoms with Crippen LogP contribution >= 0.6 is 0 Å². The van der Waals surface area contributed by atoms with Gasteiger partial charge in [-0.25, -0.2) is 4.98 Å². The van der Waals surface area contributed by atoms with Crippen molar-refractivity contribution in [1.29, 1.82) is 0 Å². The van der Waals surface area contributed by atoms with Crippen LogP contribution in [-0.2, 0) is 9.53 Å². The fourth-order valence-corrected chi connectivity index (χ4v) is 3.34. The first kappa shape index (κ1) is 17.1. The summed E-state index contributed by atoms with van der Waals surface area (Å²) in [6, 6.07) is 6.52. The highest BCUT2D eigenvalue weighted by Crippen LogP contribution is 2.24. The van der Waals surface area contributed by atoms with Gasteiger partial charge in [0.25, 0.3) is 11.5 Å². The highest BCUT2D eigenvalue weighted by atomic mass is 16.5. The van der Waals surface area contributed by atoms with Crippen LogP contribution in [0.1, 0.15) is 42.7 Å². The zero-order chi connectivity index (χ0) is 17.8. The predicted molar refractivity (Wildman–Crippen MR) is 92.2 cm³/mol. The van der Waals surface area contributed by atoms with Crippen LogP contribution in [0.5, 0.6) is 0 Å². The molecule has 7 nitrogen and oxygen atoms in total.